The molecular formula is C10H10N2O4. The Bertz CT molecular complexity index is 596. The number of nitrogens with one attached hydrogen (secondary N) is 1. The molecule has 0 radical (unpaired) electrons. The van der Waals surface area contributed by atoms with Crippen LogP contribution in [0.3, 0.4) is 0 Å². The summed E-state index contributed by atoms with van der Waals surface area (Å²) in [4.78, 5) is 21.5. The number of benzene rings is 1. The molecule has 0 aliphatic rings. The molecule has 0 unspecified atom stereocenters. The monoisotopic (exact) mass is 222 g/mol. The Hall–Kier alpha value is -2.24. The van der Waals surface area contributed by atoms with Crippen LogP contribution in [0.5, 0.6) is 0 Å². The van der Waals surface area contributed by atoms with Crippen LogP contribution in [0.2, 0.25) is 0 Å². The molecular weight excluding hydrogens is 212 g/mol. The number of fused-ring (bicyclic) bond motifs is 1. The van der Waals surface area contributed by atoms with Crippen LogP contribution < -0.4 is 11.1 Å². The van der Waals surface area contributed by atoms with E-state index in [1.807, 2.05) is 0 Å². The van der Waals surface area contributed by atoms with Gasteiger partial charge in [-0.3, -0.25) is 4.57 Å². The SMILES string of the molecule is Cn1c(=O)oc2ccc(CNC(=O)O)cc21. The second-order valence-electron chi connectivity index (χ2n) is 3.39. The Kier molecular flexibility index (Phi) is 2.40. The number of carbonyl (C=O) groups is 1. The van der Waals surface area contributed by atoms with Crippen LogP contribution in [0.15, 0.2) is 27.4 Å². The van der Waals surface area contributed by atoms with Crippen molar-refractivity contribution in [2.24, 2.45) is 7.05 Å². The lowest BCUT2D eigenvalue weighted by Crippen LogP contribution is -2.19. The molecule has 1 amide bonds. The van der Waals surface area contributed by atoms with E-state index in [9.17, 15) is 9.59 Å². The maximum atomic E-state index is 11.2. The van der Waals surface area contributed by atoms with E-state index in [0.29, 0.717) is 11.1 Å². The summed E-state index contributed by atoms with van der Waals surface area (Å²) in [6.45, 7) is 0.199. The summed E-state index contributed by atoms with van der Waals surface area (Å²) in [5.41, 5.74) is 1.91. The van der Waals surface area contributed by atoms with Crippen molar-refractivity contribution in [3.63, 3.8) is 0 Å². The zero-order valence-electron chi connectivity index (χ0n) is 8.56. The van der Waals surface area contributed by atoms with Gasteiger partial charge in [0.2, 0.25) is 0 Å². The molecule has 2 aromatic rings. The first kappa shape index (κ1) is 10.3. The fourth-order valence-corrected chi connectivity index (χ4v) is 1.46. The molecule has 6 heteroatoms. The van der Waals surface area contributed by atoms with Crippen molar-refractivity contribution in [2.45, 2.75) is 6.54 Å². The van der Waals surface area contributed by atoms with E-state index in [2.05, 4.69) is 5.32 Å². The van der Waals surface area contributed by atoms with Gasteiger partial charge in [0, 0.05) is 13.6 Å². The summed E-state index contributed by atoms with van der Waals surface area (Å²) in [7, 11) is 1.60. The van der Waals surface area contributed by atoms with Gasteiger partial charge >= 0.3 is 11.8 Å². The van der Waals surface area contributed by atoms with Crippen LogP contribution in [0, 0.1) is 0 Å². The number of aromatic nitrogens is 1. The molecule has 6 nitrogen and oxygen atoms in total. The lowest BCUT2D eigenvalue weighted by Gasteiger charge is -2.01. The van der Waals surface area contributed by atoms with Gasteiger partial charge in [0.25, 0.3) is 0 Å². The Morgan fingerprint density at radius 2 is 2.31 bits per heavy atom. The van der Waals surface area contributed by atoms with Gasteiger partial charge in [-0.15, -0.1) is 0 Å². The number of amides is 1. The third kappa shape index (κ3) is 1.77. The molecule has 1 aromatic heterocycles. The summed E-state index contributed by atoms with van der Waals surface area (Å²) in [6, 6.07) is 5.08. The molecule has 0 aliphatic heterocycles. The van der Waals surface area contributed by atoms with Gasteiger partial charge in [-0.2, -0.15) is 0 Å². The third-order valence-electron chi connectivity index (χ3n) is 2.30. The molecule has 0 bridgehead atoms. The molecule has 16 heavy (non-hydrogen) atoms. The lowest BCUT2D eigenvalue weighted by atomic mass is 10.2. The zero-order valence-corrected chi connectivity index (χ0v) is 8.56. The molecule has 2 N–H and O–H groups in total. The normalized spacial score (nSPS) is 10.6. The summed E-state index contributed by atoms with van der Waals surface area (Å²) in [6.07, 6.45) is -1.08. The van der Waals surface area contributed by atoms with E-state index < -0.39 is 11.8 Å². The van der Waals surface area contributed by atoms with E-state index in [4.69, 9.17) is 9.52 Å². The van der Waals surface area contributed by atoms with Gasteiger partial charge in [-0.05, 0) is 17.7 Å². The smallest absolute Gasteiger partial charge is 0.419 e. The maximum Gasteiger partial charge on any atom is 0.419 e. The molecule has 0 atom stereocenters. The minimum atomic E-state index is -1.08. The second kappa shape index (κ2) is 3.73. The number of rotatable bonds is 2. The molecule has 0 saturated carbocycles. The molecule has 1 heterocycles. The summed E-state index contributed by atoms with van der Waals surface area (Å²) in [5, 5.41) is 10.7. The highest BCUT2D eigenvalue weighted by molar-refractivity contribution is 5.74. The largest absolute Gasteiger partial charge is 0.465 e. The fourth-order valence-electron chi connectivity index (χ4n) is 1.46. The number of nitrogens with zero attached hydrogens (tertiary/aromatic N) is 1. The van der Waals surface area contributed by atoms with Crippen LogP contribution in [0.4, 0.5) is 4.79 Å². The minimum absolute atomic E-state index is 0.199. The standard InChI is InChI=1S/C10H10N2O4/c1-12-7-4-6(5-11-9(13)14)2-3-8(7)16-10(12)15/h2-4,11H,5H2,1H3,(H,13,14). The molecule has 84 valence electrons. The Morgan fingerprint density at radius 3 is 3.00 bits per heavy atom. The van der Waals surface area contributed by atoms with E-state index in [-0.39, 0.29) is 6.54 Å². The van der Waals surface area contributed by atoms with Crippen molar-refractivity contribution in [1.29, 1.82) is 0 Å². The van der Waals surface area contributed by atoms with E-state index in [1.54, 1.807) is 25.2 Å². The van der Waals surface area contributed by atoms with E-state index in [1.165, 1.54) is 4.57 Å². The number of hydrogen-bond acceptors (Lipinski definition) is 3. The van der Waals surface area contributed by atoms with Gasteiger partial charge in [-0.25, -0.2) is 9.59 Å². The number of oxazole rings is 1. The van der Waals surface area contributed by atoms with Gasteiger partial charge < -0.3 is 14.8 Å². The van der Waals surface area contributed by atoms with Crippen molar-refractivity contribution in [3.05, 3.63) is 34.3 Å². The Labute approximate surface area is 90.1 Å². The van der Waals surface area contributed by atoms with E-state index >= 15 is 0 Å². The van der Waals surface area contributed by atoms with Gasteiger partial charge in [0.15, 0.2) is 5.58 Å². The molecule has 1 aromatic carbocycles. The van der Waals surface area contributed by atoms with Crippen LogP contribution in [-0.2, 0) is 13.6 Å². The molecule has 0 aliphatic carbocycles. The average Bonchev–Trinajstić information content (AvgIpc) is 2.52. The Balaban J connectivity index is 2.39. The summed E-state index contributed by atoms with van der Waals surface area (Å²) in [5.74, 6) is -0.432. The lowest BCUT2D eigenvalue weighted by molar-refractivity contribution is 0.194. The van der Waals surface area contributed by atoms with Crippen molar-refractivity contribution in [3.8, 4) is 0 Å². The molecule has 0 fully saturated rings. The first-order valence-electron chi connectivity index (χ1n) is 4.63. The second-order valence-corrected chi connectivity index (χ2v) is 3.39. The first-order chi connectivity index (χ1) is 7.58. The van der Waals surface area contributed by atoms with Gasteiger partial charge in [0.05, 0.1) is 5.52 Å². The van der Waals surface area contributed by atoms with Crippen molar-refractivity contribution < 1.29 is 14.3 Å². The minimum Gasteiger partial charge on any atom is -0.465 e. The van der Waals surface area contributed by atoms with Crippen LogP contribution >= 0.6 is 0 Å². The van der Waals surface area contributed by atoms with Crippen LogP contribution in [-0.4, -0.2) is 15.8 Å². The van der Waals surface area contributed by atoms with Crippen molar-refractivity contribution >= 4 is 17.2 Å². The predicted molar refractivity (Wildman–Crippen MR) is 56.3 cm³/mol. The molecule has 0 saturated heterocycles. The van der Waals surface area contributed by atoms with Crippen LogP contribution in [0.1, 0.15) is 5.56 Å². The molecule has 0 spiro atoms. The highest BCUT2D eigenvalue weighted by Crippen LogP contribution is 2.13. The highest BCUT2D eigenvalue weighted by atomic mass is 16.4. The molecule has 2 rings (SSSR count). The Morgan fingerprint density at radius 1 is 1.56 bits per heavy atom. The first-order valence-corrected chi connectivity index (χ1v) is 4.63. The average molecular weight is 222 g/mol. The van der Waals surface area contributed by atoms with Crippen molar-refractivity contribution in [1.82, 2.24) is 9.88 Å². The third-order valence-corrected chi connectivity index (χ3v) is 2.30. The number of aryl methyl sites for hydroxylation is 1. The van der Waals surface area contributed by atoms with Crippen LogP contribution in [0.25, 0.3) is 11.1 Å². The number of hydrogen-bond donors (Lipinski definition) is 2. The van der Waals surface area contributed by atoms with Crippen molar-refractivity contribution in [2.75, 3.05) is 0 Å². The topological polar surface area (TPSA) is 84.5 Å². The quantitative estimate of drug-likeness (QED) is 0.790. The number of carboxylic acid groups (broad SMARTS) is 1. The summed E-state index contributed by atoms with van der Waals surface area (Å²) >= 11 is 0. The van der Waals surface area contributed by atoms with E-state index in [0.717, 1.165) is 5.56 Å². The maximum absolute atomic E-state index is 11.2. The zero-order chi connectivity index (χ0) is 11.7. The van der Waals surface area contributed by atoms with Gasteiger partial charge in [0.1, 0.15) is 0 Å². The van der Waals surface area contributed by atoms with Gasteiger partial charge in [-0.1, -0.05) is 6.07 Å². The summed E-state index contributed by atoms with van der Waals surface area (Å²) < 4.78 is 6.32. The fraction of sp³-hybridized carbons (Fsp3) is 0.200. The predicted octanol–water partition coefficient (Wildman–Crippen LogP) is 0.899. The highest BCUT2D eigenvalue weighted by Gasteiger charge is 2.06.